The Hall–Kier alpha value is -1.59. The highest BCUT2D eigenvalue weighted by molar-refractivity contribution is 6.32. The highest BCUT2D eigenvalue weighted by Gasteiger charge is 2.11. The average molecular weight is 296 g/mol. The molecule has 108 valence electrons. The molecule has 0 bridgehead atoms. The summed E-state index contributed by atoms with van der Waals surface area (Å²) in [5, 5.41) is 4.44. The molecule has 5 nitrogen and oxygen atoms in total. The first kappa shape index (κ1) is 14.8. The summed E-state index contributed by atoms with van der Waals surface area (Å²) in [6, 6.07) is 5.62. The molecule has 0 aliphatic rings. The predicted octanol–water partition coefficient (Wildman–Crippen LogP) is 2.76. The molecule has 0 fully saturated rings. The minimum absolute atomic E-state index is 0.231. The van der Waals surface area contributed by atoms with E-state index in [0.29, 0.717) is 35.5 Å². The Labute approximate surface area is 123 Å². The minimum atomic E-state index is 0.231. The van der Waals surface area contributed by atoms with Gasteiger partial charge >= 0.3 is 0 Å². The Morgan fingerprint density at radius 1 is 1.35 bits per heavy atom. The van der Waals surface area contributed by atoms with Crippen LogP contribution in [0.4, 0.5) is 0 Å². The summed E-state index contributed by atoms with van der Waals surface area (Å²) in [5.41, 5.74) is 6.57. The van der Waals surface area contributed by atoms with E-state index in [1.165, 1.54) is 0 Å². The maximum absolute atomic E-state index is 6.16. The van der Waals surface area contributed by atoms with Crippen molar-refractivity contribution in [3.05, 3.63) is 40.5 Å². The molecule has 6 heteroatoms. The first-order valence-electron chi connectivity index (χ1n) is 6.66. The molecular formula is C14H18ClN3O2. The van der Waals surface area contributed by atoms with Crippen molar-refractivity contribution in [1.82, 2.24) is 10.1 Å². The van der Waals surface area contributed by atoms with Gasteiger partial charge in [0.05, 0.1) is 5.02 Å². The van der Waals surface area contributed by atoms with Crippen molar-refractivity contribution >= 4 is 11.6 Å². The molecule has 0 spiro atoms. The highest BCUT2D eigenvalue weighted by atomic mass is 35.5. The number of ether oxygens (including phenoxy) is 1. The SMILES string of the molecule is CCCc1nc(COc2c(Cl)cccc2CCN)no1. The third-order valence-corrected chi connectivity index (χ3v) is 3.08. The van der Waals surface area contributed by atoms with E-state index in [9.17, 15) is 0 Å². The van der Waals surface area contributed by atoms with Gasteiger partial charge in [0.15, 0.2) is 6.61 Å². The maximum atomic E-state index is 6.16. The Balaban J connectivity index is 2.05. The molecule has 2 N–H and O–H groups in total. The number of para-hydroxylation sites is 1. The van der Waals surface area contributed by atoms with Gasteiger partial charge in [0, 0.05) is 6.42 Å². The molecular weight excluding hydrogens is 278 g/mol. The highest BCUT2D eigenvalue weighted by Crippen LogP contribution is 2.29. The lowest BCUT2D eigenvalue weighted by Crippen LogP contribution is -2.06. The standard InChI is InChI=1S/C14H18ClN3O2/c1-2-4-13-17-12(18-20-13)9-19-14-10(7-8-16)5-3-6-11(14)15/h3,5-6H,2,4,7-9,16H2,1H3. The Bertz CT molecular complexity index is 557. The smallest absolute Gasteiger partial charge is 0.226 e. The van der Waals surface area contributed by atoms with Gasteiger partial charge in [-0.2, -0.15) is 4.98 Å². The average Bonchev–Trinajstić information content (AvgIpc) is 2.87. The zero-order valence-electron chi connectivity index (χ0n) is 11.4. The Morgan fingerprint density at radius 2 is 2.20 bits per heavy atom. The third-order valence-electron chi connectivity index (χ3n) is 2.78. The van der Waals surface area contributed by atoms with E-state index in [1.54, 1.807) is 6.07 Å². The minimum Gasteiger partial charge on any atom is -0.484 e. The van der Waals surface area contributed by atoms with E-state index in [1.807, 2.05) is 12.1 Å². The van der Waals surface area contributed by atoms with Crippen molar-refractivity contribution in [1.29, 1.82) is 0 Å². The summed E-state index contributed by atoms with van der Waals surface area (Å²) in [6.45, 7) is 2.83. The Kier molecular flexibility index (Phi) is 5.38. The van der Waals surface area contributed by atoms with Gasteiger partial charge in [-0.15, -0.1) is 0 Å². The van der Waals surface area contributed by atoms with Crippen LogP contribution >= 0.6 is 11.6 Å². The molecule has 0 aliphatic carbocycles. The van der Waals surface area contributed by atoms with Gasteiger partial charge in [0.25, 0.3) is 0 Å². The summed E-state index contributed by atoms with van der Waals surface area (Å²) in [5.74, 6) is 1.79. The van der Waals surface area contributed by atoms with E-state index >= 15 is 0 Å². The van der Waals surface area contributed by atoms with Gasteiger partial charge in [0.1, 0.15) is 5.75 Å². The zero-order chi connectivity index (χ0) is 14.4. The zero-order valence-corrected chi connectivity index (χ0v) is 12.2. The van der Waals surface area contributed by atoms with E-state index in [0.717, 1.165) is 18.4 Å². The number of halogens is 1. The summed E-state index contributed by atoms with van der Waals surface area (Å²) < 4.78 is 10.8. The monoisotopic (exact) mass is 295 g/mol. The molecule has 1 aromatic heterocycles. The van der Waals surface area contributed by atoms with Crippen LogP contribution in [0.2, 0.25) is 5.02 Å². The number of hydrogen-bond donors (Lipinski definition) is 1. The van der Waals surface area contributed by atoms with Gasteiger partial charge < -0.3 is 15.0 Å². The van der Waals surface area contributed by atoms with Gasteiger partial charge in [-0.25, -0.2) is 0 Å². The van der Waals surface area contributed by atoms with Crippen molar-refractivity contribution in [3.63, 3.8) is 0 Å². The van der Waals surface area contributed by atoms with Crippen LogP contribution in [0.15, 0.2) is 22.7 Å². The van der Waals surface area contributed by atoms with Crippen molar-refractivity contribution in [2.45, 2.75) is 32.8 Å². The van der Waals surface area contributed by atoms with Crippen LogP contribution in [-0.2, 0) is 19.4 Å². The van der Waals surface area contributed by atoms with Crippen LogP contribution in [0.1, 0.15) is 30.6 Å². The van der Waals surface area contributed by atoms with Crippen LogP contribution < -0.4 is 10.5 Å². The number of rotatable bonds is 7. The Morgan fingerprint density at radius 3 is 2.95 bits per heavy atom. The number of benzene rings is 1. The largest absolute Gasteiger partial charge is 0.484 e. The fraction of sp³-hybridized carbons (Fsp3) is 0.429. The summed E-state index contributed by atoms with van der Waals surface area (Å²) in [4.78, 5) is 4.25. The molecule has 2 aromatic rings. The molecule has 0 amide bonds. The lowest BCUT2D eigenvalue weighted by atomic mass is 10.1. The fourth-order valence-corrected chi connectivity index (χ4v) is 2.12. The van der Waals surface area contributed by atoms with Crippen molar-refractivity contribution < 1.29 is 9.26 Å². The summed E-state index contributed by atoms with van der Waals surface area (Å²) in [7, 11) is 0. The van der Waals surface area contributed by atoms with E-state index in [2.05, 4.69) is 17.1 Å². The van der Waals surface area contributed by atoms with E-state index in [4.69, 9.17) is 26.6 Å². The molecule has 0 unspecified atom stereocenters. The lowest BCUT2D eigenvalue weighted by molar-refractivity contribution is 0.282. The first-order valence-corrected chi connectivity index (χ1v) is 7.04. The summed E-state index contributed by atoms with van der Waals surface area (Å²) in [6.07, 6.45) is 2.45. The van der Waals surface area contributed by atoms with Crippen LogP contribution in [0, 0.1) is 0 Å². The third kappa shape index (κ3) is 3.71. The molecule has 0 aliphatic heterocycles. The van der Waals surface area contributed by atoms with Crippen molar-refractivity contribution in [3.8, 4) is 5.75 Å². The molecule has 0 radical (unpaired) electrons. The van der Waals surface area contributed by atoms with Crippen LogP contribution in [0.3, 0.4) is 0 Å². The van der Waals surface area contributed by atoms with Gasteiger partial charge in [-0.3, -0.25) is 0 Å². The second kappa shape index (κ2) is 7.26. The summed E-state index contributed by atoms with van der Waals surface area (Å²) >= 11 is 6.16. The number of nitrogens with two attached hydrogens (primary N) is 1. The van der Waals surface area contributed by atoms with Crippen LogP contribution in [0.25, 0.3) is 0 Å². The van der Waals surface area contributed by atoms with Crippen molar-refractivity contribution in [2.75, 3.05) is 6.54 Å². The van der Waals surface area contributed by atoms with Crippen molar-refractivity contribution in [2.24, 2.45) is 5.73 Å². The molecule has 0 atom stereocenters. The van der Waals surface area contributed by atoms with Gasteiger partial charge in [0.2, 0.25) is 11.7 Å². The van der Waals surface area contributed by atoms with E-state index < -0.39 is 0 Å². The fourth-order valence-electron chi connectivity index (χ4n) is 1.87. The topological polar surface area (TPSA) is 74.2 Å². The molecule has 20 heavy (non-hydrogen) atoms. The molecule has 1 heterocycles. The maximum Gasteiger partial charge on any atom is 0.226 e. The number of hydrogen-bond acceptors (Lipinski definition) is 5. The number of aromatic nitrogens is 2. The van der Waals surface area contributed by atoms with E-state index in [-0.39, 0.29) is 6.61 Å². The molecule has 0 saturated carbocycles. The second-order valence-electron chi connectivity index (χ2n) is 4.41. The number of aryl methyl sites for hydroxylation is 1. The molecule has 2 rings (SSSR count). The number of nitrogens with zero attached hydrogens (tertiary/aromatic N) is 2. The molecule has 0 saturated heterocycles. The first-order chi connectivity index (χ1) is 9.74. The molecule has 1 aromatic carbocycles. The van der Waals surface area contributed by atoms with Gasteiger partial charge in [-0.1, -0.05) is 35.8 Å². The normalized spacial score (nSPS) is 10.8. The second-order valence-corrected chi connectivity index (χ2v) is 4.82. The van der Waals surface area contributed by atoms with Crippen LogP contribution in [-0.4, -0.2) is 16.7 Å². The van der Waals surface area contributed by atoms with Crippen LogP contribution in [0.5, 0.6) is 5.75 Å². The predicted molar refractivity (Wildman–Crippen MR) is 76.8 cm³/mol. The quantitative estimate of drug-likeness (QED) is 0.850. The lowest BCUT2D eigenvalue weighted by Gasteiger charge is -2.11. The van der Waals surface area contributed by atoms with Gasteiger partial charge in [-0.05, 0) is 31.0 Å².